The van der Waals surface area contributed by atoms with Gasteiger partial charge in [-0.05, 0) is 32.2 Å². The van der Waals surface area contributed by atoms with Gasteiger partial charge in [0, 0.05) is 19.7 Å². The second kappa shape index (κ2) is 6.88. The fourth-order valence-electron chi connectivity index (χ4n) is 3.05. The normalized spacial score (nSPS) is 34.5. The molecule has 0 aromatic rings. The van der Waals surface area contributed by atoms with Gasteiger partial charge in [0.25, 0.3) is 0 Å². The standard InChI is InChI=1S/C13H22N2O3.ClH/c16-13(12-2-1-5-14-12)15-6-3-10(8-15)18-11-4-7-17-9-11;/h10-12,14H,1-9H2;1H/t10-,11-,12+;/m1./s1. The SMILES string of the molecule is Cl.O=C([C@@H]1CCCN1)N1CC[C@@H](O[C@@H]2CCOC2)C1. The lowest BCUT2D eigenvalue weighted by Crippen LogP contribution is -2.43. The molecule has 3 aliphatic heterocycles. The van der Waals surface area contributed by atoms with Crippen molar-refractivity contribution in [3.8, 4) is 0 Å². The predicted molar refractivity (Wildman–Crippen MR) is 73.6 cm³/mol. The Bertz CT molecular complexity index is 304. The molecule has 3 atom stereocenters. The van der Waals surface area contributed by atoms with E-state index in [1.807, 2.05) is 4.90 Å². The summed E-state index contributed by atoms with van der Waals surface area (Å²) in [6, 6.07) is 0.0542. The molecule has 0 aromatic carbocycles. The van der Waals surface area contributed by atoms with Crippen molar-refractivity contribution >= 4 is 18.3 Å². The van der Waals surface area contributed by atoms with Crippen LogP contribution in [0.2, 0.25) is 0 Å². The highest BCUT2D eigenvalue weighted by atomic mass is 35.5. The lowest BCUT2D eigenvalue weighted by Gasteiger charge is -2.21. The van der Waals surface area contributed by atoms with E-state index in [1.165, 1.54) is 0 Å². The summed E-state index contributed by atoms with van der Waals surface area (Å²) in [4.78, 5) is 14.2. The fourth-order valence-corrected chi connectivity index (χ4v) is 3.05. The summed E-state index contributed by atoms with van der Waals surface area (Å²) in [5.41, 5.74) is 0. The second-order valence-corrected chi connectivity index (χ2v) is 5.47. The van der Waals surface area contributed by atoms with Crippen LogP contribution in [0.25, 0.3) is 0 Å². The molecule has 0 radical (unpaired) electrons. The highest BCUT2D eigenvalue weighted by Crippen LogP contribution is 2.20. The van der Waals surface area contributed by atoms with Crippen molar-refractivity contribution in [2.45, 2.75) is 43.9 Å². The number of ether oxygens (including phenoxy) is 2. The van der Waals surface area contributed by atoms with Crippen LogP contribution in [0.15, 0.2) is 0 Å². The summed E-state index contributed by atoms with van der Waals surface area (Å²) in [6.07, 6.45) is 4.52. The molecule has 0 unspecified atom stereocenters. The van der Waals surface area contributed by atoms with Crippen LogP contribution >= 0.6 is 12.4 Å². The van der Waals surface area contributed by atoms with Crippen molar-refractivity contribution in [2.75, 3.05) is 32.8 Å². The van der Waals surface area contributed by atoms with Crippen LogP contribution < -0.4 is 5.32 Å². The Kier molecular flexibility index (Phi) is 5.45. The van der Waals surface area contributed by atoms with Crippen molar-refractivity contribution in [2.24, 2.45) is 0 Å². The third kappa shape index (κ3) is 3.60. The molecule has 6 heteroatoms. The molecule has 0 spiro atoms. The van der Waals surface area contributed by atoms with E-state index in [9.17, 15) is 4.79 Å². The summed E-state index contributed by atoms with van der Waals surface area (Å²) < 4.78 is 11.3. The van der Waals surface area contributed by atoms with Gasteiger partial charge in [0.2, 0.25) is 5.91 Å². The fraction of sp³-hybridized carbons (Fsp3) is 0.923. The first-order chi connectivity index (χ1) is 8.83. The highest BCUT2D eigenvalue weighted by molar-refractivity contribution is 5.85. The molecule has 3 rings (SSSR count). The van der Waals surface area contributed by atoms with Gasteiger partial charge in [-0.3, -0.25) is 4.79 Å². The van der Waals surface area contributed by atoms with Crippen molar-refractivity contribution < 1.29 is 14.3 Å². The van der Waals surface area contributed by atoms with E-state index >= 15 is 0 Å². The zero-order valence-electron chi connectivity index (χ0n) is 11.2. The van der Waals surface area contributed by atoms with E-state index in [1.54, 1.807) is 0 Å². The van der Waals surface area contributed by atoms with Gasteiger partial charge in [-0.1, -0.05) is 0 Å². The number of hydrogen-bond donors (Lipinski definition) is 1. The summed E-state index contributed by atoms with van der Waals surface area (Å²) in [5.74, 6) is 0.265. The molecule has 3 aliphatic rings. The first kappa shape index (κ1) is 15.0. The number of amides is 1. The first-order valence-corrected chi connectivity index (χ1v) is 7.08. The molecule has 3 fully saturated rings. The van der Waals surface area contributed by atoms with Crippen molar-refractivity contribution in [3.05, 3.63) is 0 Å². The van der Waals surface area contributed by atoms with Gasteiger partial charge in [-0.2, -0.15) is 0 Å². The predicted octanol–water partition coefficient (Wildman–Crippen LogP) is 0.567. The number of carbonyl (C=O) groups excluding carboxylic acids is 1. The summed E-state index contributed by atoms with van der Waals surface area (Å²) in [5, 5.41) is 3.27. The molecule has 5 nitrogen and oxygen atoms in total. The third-order valence-electron chi connectivity index (χ3n) is 4.09. The number of nitrogens with one attached hydrogen (secondary N) is 1. The number of halogens is 1. The summed E-state index contributed by atoms with van der Waals surface area (Å²) in [7, 11) is 0. The molecule has 3 saturated heterocycles. The average molecular weight is 291 g/mol. The molecule has 1 amide bonds. The maximum atomic E-state index is 12.2. The molecular weight excluding hydrogens is 268 g/mol. The number of rotatable bonds is 3. The molecule has 1 N–H and O–H groups in total. The summed E-state index contributed by atoms with van der Waals surface area (Å²) in [6.45, 7) is 4.10. The van der Waals surface area contributed by atoms with Crippen molar-refractivity contribution in [3.63, 3.8) is 0 Å². The largest absolute Gasteiger partial charge is 0.379 e. The Morgan fingerprint density at radius 1 is 1.26 bits per heavy atom. The number of nitrogens with zero attached hydrogens (tertiary/aromatic N) is 1. The van der Waals surface area contributed by atoms with E-state index < -0.39 is 0 Å². The zero-order valence-corrected chi connectivity index (χ0v) is 12.0. The summed E-state index contributed by atoms with van der Waals surface area (Å²) >= 11 is 0. The minimum atomic E-state index is 0. The Labute approximate surface area is 120 Å². The van der Waals surface area contributed by atoms with Crippen LogP contribution in [-0.4, -0.2) is 61.9 Å². The lowest BCUT2D eigenvalue weighted by atomic mass is 10.2. The lowest BCUT2D eigenvalue weighted by molar-refractivity contribution is -0.132. The van der Waals surface area contributed by atoms with Gasteiger partial charge >= 0.3 is 0 Å². The Morgan fingerprint density at radius 3 is 2.84 bits per heavy atom. The van der Waals surface area contributed by atoms with Gasteiger partial charge in [0.1, 0.15) is 0 Å². The van der Waals surface area contributed by atoms with Crippen LogP contribution in [-0.2, 0) is 14.3 Å². The zero-order chi connectivity index (χ0) is 12.4. The van der Waals surface area contributed by atoms with E-state index in [0.29, 0.717) is 6.61 Å². The van der Waals surface area contributed by atoms with Crippen molar-refractivity contribution in [1.82, 2.24) is 10.2 Å². The monoisotopic (exact) mass is 290 g/mol. The Balaban J connectivity index is 0.00000133. The average Bonchev–Trinajstić information content (AvgIpc) is 3.11. The van der Waals surface area contributed by atoms with E-state index in [2.05, 4.69) is 5.32 Å². The maximum Gasteiger partial charge on any atom is 0.239 e. The van der Waals surface area contributed by atoms with Gasteiger partial charge < -0.3 is 19.7 Å². The molecule has 0 aromatic heterocycles. The van der Waals surface area contributed by atoms with Crippen molar-refractivity contribution in [1.29, 1.82) is 0 Å². The number of hydrogen-bond acceptors (Lipinski definition) is 4. The Morgan fingerprint density at radius 2 is 2.16 bits per heavy atom. The smallest absolute Gasteiger partial charge is 0.239 e. The highest BCUT2D eigenvalue weighted by Gasteiger charge is 2.33. The first-order valence-electron chi connectivity index (χ1n) is 7.08. The number of likely N-dealkylation sites (tertiary alicyclic amines) is 1. The Hall–Kier alpha value is -0.360. The quantitative estimate of drug-likeness (QED) is 0.825. The topological polar surface area (TPSA) is 50.8 Å². The molecular formula is C13H23ClN2O3. The molecule has 0 saturated carbocycles. The van der Waals surface area contributed by atoms with E-state index in [0.717, 1.165) is 51.9 Å². The van der Waals surface area contributed by atoms with Crippen LogP contribution in [0.4, 0.5) is 0 Å². The van der Waals surface area contributed by atoms with E-state index in [4.69, 9.17) is 9.47 Å². The van der Waals surface area contributed by atoms with Gasteiger partial charge in [0.05, 0.1) is 24.9 Å². The minimum absolute atomic E-state index is 0. The van der Waals surface area contributed by atoms with Gasteiger partial charge in [-0.25, -0.2) is 0 Å². The molecule has 0 bridgehead atoms. The van der Waals surface area contributed by atoms with Crippen LogP contribution in [0.1, 0.15) is 25.7 Å². The molecule has 19 heavy (non-hydrogen) atoms. The number of carbonyl (C=O) groups is 1. The molecule has 110 valence electrons. The molecule has 3 heterocycles. The second-order valence-electron chi connectivity index (χ2n) is 5.47. The molecule has 0 aliphatic carbocycles. The third-order valence-corrected chi connectivity index (χ3v) is 4.09. The van der Waals surface area contributed by atoms with E-state index in [-0.39, 0.29) is 36.6 Å². The van der Waals surface area contributed by atoms with Gasteiger partial charge in [-0.15, -0.1) is 12.4 Å². The van der Waals surface area contributed by atoms with Crippen LogP contribution in [0, 0.1) is 0 Å². The van der Waals surface area contributed by atoms with Crippen LogP contribution in [0.3, 0.4) is 0 Å². The maximum absolute atomic E-state index is 12.2. The van der Waals surface area contributed by atoms with Gasteiger partial charge in [0.15, 0.2) is 0 Å². The minimum Gasteiger partial charge on any atom is -0.379 e. The van der Waals surface area contributed by atoms with Crippen LogP contribution in [0.5, 0.6) is 0 Å².